The average Bonchev–Trinajstić information content (AvgIpc) is 2.72. The molecule has 1 fully saturated rings. The molecule has 27 heavy (non-hydrogen) atoms. The van der Waals surface area contributed by atoms with Crippen LogP contribution in [0.3, 0.4) is 0 Å². The van der Waals surface area contributed by atoms with Crippen LogP contribution in [0.15, 0.2) is 48.5 Å². The van der Waals surface area contributed by atoms with Crippen molar-refractivity contribution < 1.29 is 14.3 Å². The van der Waals surface area contributed by atoms with Gasteiger partial charge in [-0.05, 0) is 42.8 Å². The first kappa shape index (κ1) is 19.0. The highest BCUT2D eigenvalue weighted by Crippen LogP contribution is 2.21. The highest BCUT2D eigenvalue weighted by Gasteiger charge is 2.22. The number of aryl methyl sites for hydroxylation is 1. The number of Topliss-reactive ketones (excluding diaryl/α,β-unsaturated/α-hetero) is 1. The molecule has 0 spiro atoms. The second-order valence-corrected chi connectivity index (χ2v) is 6.74. The van der Waals surface area contributed by atoms with Crippen molar-refractivity contribution in [3.63, 3.8) is 0 Å². The van der Waals surface area contributed by atoms with Crippen LogP contribution in [0.2, 0.25) is 0 Å². The smallest absolute Gasteiger partial charge is 0.260 e. The van der Waals surface area contributed by atoms with E-state index in [-0.39, 0.29) is 18.3 Å². The lowest BCUT2D eigenvalue weighted by Crippen LogP contribution is -2.50. The van der Waals surface area contributed by atoms with E-state index in [0.29, 0.717) is 30.8 Å². The number of carbonyl (C=O) groups excluding carboxylic acids is 2. The van der Waals surface area contributed by atoms with Crippen LogP contribution in [0.4, 0.5) is 5.69 Å². The first-order valence-corrected chi connectivity index (χ1v) is 9.43. The molecule has 5 nitrogen and oxygen atoms in total. The van der Waals surface area contributed by atoms with Crippen molar-refractivity contribution in [3.8, 4) is 5.75 Å². The molecule has 142 valence electrons. The molecule has 2 aromatic rings. The number of ether oxygens (including phenoxy) is 1. The third-order valence-corrected chi connectivity index (χ3v) is 4.95. The predicted molar refractivity (Wildman–Crippen MR) is 107 cm³/mol. The molecule has 1 aliphatic heterocycles. The summed E-state index contributed by atoms with van der Waals surface area (Å²) in [7, 11) is 0. The number of anilines is 1. The first-order valence-electron chi connectivity index (χ1n) is 9.43. The van der Waals surface area contributed by atoms with Crippen LogP contribution in [0.1, 0.15) is 29.3 Å². The number of nitrogens with zero attached hydrogens (tertiary/aromatic N) is 2. The molecule has 1 saturated heterocycles. The van der Waals surface area contributed by atoms with Crippen LogP contribution < -0.4 is 9.64 Å². The van der Waals surface area contributed by atoms with Crippen molar-refractivity contribution in [1.29, 1.82) is 0 Å². The zero-order chi connectivity index (χ0) is 19.2. The van der Waals surface area contributed by atoms with E-state index < -0.39 is 0 Å². The van der Waals surface area contributed by atoms with Crippen molar-refractivity contribution in [2.75, 3.05) is 37.7 Å². The lowest BCUT2D eigenvalue weighted by atomic mass is 10.1. The molecule has 0 bridgehead atoms. The van der Waals surface area contributed by atoms with Gasteiger partial charge in [0.15, 0.2) is 12.4 Å². The van der Waals surface area contributed by atoms with Gasteiger partial charge in [-0.25, -0.2) is 0 Å². The van der Waals surface area contributed by atoms with Crippen LogP contribution in [0.5, 0.6) is 5.75 Å². The van der Waals surface area contributed by atoms with Gasteiger partial charge in [-0.3, -0.25) is 9.59 Å². The highest BCUT2D eigenvalue weighted by molar-refractivity contribution is 5.95. The lowest BCUT2D eigenvalue weighted by Gasteiger charge is -2.36. The van der Waals surface area contributed by atoms with E-state index in [9.17, 15) is 9.59 Å². The Morgan fingerprint density at radius 3 is 2.26 bits per heavy atom. The molecule has 2 aromatic carbocycles. The van der Waals surface area contributed by atoms with Crippen LogP contribution in [-0.2, 0) is 4.79 Å². The number of hydrogen-bond acceptors (Lipinski definition) is 4. The quantitative estimate of drug-likeness (QED) is 0.736. The van der Waals surface area contributed by atoms with Crippen molar-refractivity contribution in [2.24, 2.45) is 0 Å². The Balaban J connectivity index is 1.48. The maximum Gasteiger partial charge on any atom is 0.260 e. The number of piperazine rings is 1. The third kappa shape index (κ3) is 4.67. The zero-order valence-electron chi connectivity index (χ0n) is 16.0. The summed E-state index contributed by atoms with van der Waals surface area (Å²) in [4.78, 5) is 28.2. The molecule has 0 unspecified atom stereocenters. The van der Waals surface area contributed by atoms with Gasteiger partial charge in [0.1, 0.15) is 5.75 Å². The van der Waals surface area contributed by atoms with Gasteiger partial charge in [0.2, 0.25) is 0 Å². The molecule has 1 aliphatic rings. The molecular formula is C22H26N2O3. The molecular weight excluding hydrogens is 340 g/mol. The van der Waals surface area contributed by atoms with Gasteiger partial charge in [-0.1, -0.05) is 25.1 Å². The molecule has 1 heterocycles. The molecule has 0 atom stereocenters. The molecule has 3 rings (SSSR count). The maximum atomic E-state index is 12.4. The summed E-state index contributed by atoms with van der Waals surface area (Å²) in [5.74, 6) is 0.701. The summed E-state index contributed by atoms with van der Waals surface area (Å²) in [5, 5.41) is 0. The van der Waals surface area contributed by atoms with Gasteiger partial charge in [0.25, 0.3) is 5.91 Å². The van der Waals surface area contributed by atoms with E-state index in [1.165, 1.54) is 11.3 Å². The minimum Gasteiger partial charge on any atom is -0.484 e. The van der Waals surface area contributed by atoms with E-state index in [4.69, 9.17) is 4.74 Å². The zero-order valence-corrected chi connectivity index (χ0v) is 16.0. The Morgan fingerprint density at radius 2 is 1.63 bits per heavy atom. The Bertz CT molecular complexity index is 793. The summed E-state index contributed by atoms with van der Waals surface area (Å²) in [6, 6.07) is 15.3. The van der Waals surface area contributed by atoms with Gasteiger partial charge >= 0.3 is 0 Å². The summed E-state index contributed by atoms with van der Waals surface area (Å²) in [6.45, 7) is 7.01. The van der Waals surface area contributed by atoms with Gasteiger partial charge in [0, 0.05) is 43.9 Å². The molecule has 0 N–H and O–H groups in total. The monoisotopic (exact) mass is 366 g/mol. The maximum absolute atomic E-state index is 12.4. The lowest BCUT2D eigenvalue weighted by molar-refractivity contribution is -0.133. The summed E-state index contributed by atoms with van der Waals surface area (Å²) >= 11 is 0. The minimum absolute atomic E-state index is 0.00635. The van der Waals surface area contributed by atoms with Crippen LogP contribution in [-0.4, -0.2) is 49.4 Å². The largest absolute Gasteiger partial charge is 0.484 e. The topological polar surface area (TPSA) is 49.9 Å². The van der Waals surface area contributed by atoms with Gasteiger partial charge in [0.05, 0.1) is 0 Å². The van der Waals surface area contributed by atoms with Crippen molar-refractivity contribution >= 4 is 17.4 Å². The van der Waals surface area contributed by atoms with Gasteiger partial charge in [-0.15, -0.1) is 0 Å². The molecule has 1 amide bonds. The fourth-order valence-electron chi connectivity index (χ4n) is 3.29. The number of benzene rings is 2. The Kier molecular flexibility index (Phi) is 6.12. The van der Waals surface area contributed by atoms with E-state index in [2.05, 4.69) is 24.0 Å². The predicted octanol–water partition coefficient (Wildman–Crippen LogP) is 3.32. The average molecular weight is 366 g/mol. The summed E-state index contributed by atoms with van der Waals surface area (Å²) in [5.41, 5.74) is 3.16. The van der Waals surface area contributed by atoms with E-state index in [0.717, 1.165) is 13.1 Å². The fraction of sp³-hybridized carbons (Fsp3) is 0.364. The van der Waals surface area contributed by atoms with Gasteiger partial charge in [-0.2, -0.15) is 0 Å². The number of hydrogen-bond donors (Lipinski definition) is 0. The Labute approximate surface area is 160 Å². The molecule has 0 aromatic heterocycles. The number of carbonyl (C=O) groups is 2. The van der Waals surface area contributed by atoms with Crippen LogP contribution in [0.25, 0.3) is 0 Å². The van der Waals surface area contributed by atoms with Crippen molar-refractivity contribution in [2.45, 2.75) is 20.3 Å². The molecule has 0 radical (unpaired) electrons. The highest BCUT2D eigenvalue weighted by atomic mass is 16.5. The van der Waals surface area contributed by atoms with E-state index in [1.54, 1.807) is 24.3 Å². The Morgan fingerprint density at radius 1 is 0.963 bits per heavy atom. The van der Waals surface area contributed by atoms with Crippen molar-refractivity contribution in [3.05, 3.63) is 59.7 Å². The molecule has 0 saturated carbocycles. The number of para-hydroxylation sites is 1. The molecule has 0 aliphatic carbocycles. The standard InChI is InChI=1S/C22H26N2O3/c1-3-21(25)18-8-10-19(11-9-18)27-16-22(26)24-14-12-23(13-15-24)20-7-5-4-6-17(20)2/h4-11H,3,12-16H2,1-2H3. The normalized spacial score (nSPS) is 14.1. The minimum atomic E-state index is -0.00635. The second kappa shape index (κ2) is 8.71. The molecule has 5 heteroatoms. The van der Waals surface area contributed by atoms with Crippen molar-refractivity contribution in [1.82, 2.24) is 4.90 Å². The Hall–Kier alpha value is -2.82. The summed E-state index contributed by atoms with van der Waals surface area (Å²) < 4.78 is 5.60. The third-order valence-electron chi connectivity index (χ3n) is 4.95. The SMILES string of the molecule is CCC(=O)c1ccc(OCC(=O)N2CCN(c3ccccc3C)CC2)cc1. The number of rotatable bonds is 6. The van der Waals surface area contributed by atoms with E-state index in [1.807, 2.05) is 24.0 Å². The fourth-order valence-corrected chi connectivity index (χ4v) is 3.29. The van der Waals surface area contributed by atoms with Gasteiger partial charge < -0.3 is 14.5 Å². The summed E-state index contributed by atoms with van der Waals surface area (Å²) in [6.07, 6.45) is 0.479. The van der Waals surface area contributed by atoms with Crippen LogP contribution in [0, 0.1) is 6.92 Å². The second-order valence-electron chi connectivity index (χ2n) is 6.74. The number of ketones is 1. The van der Waals surface area contributed by atoms with Crippen LogP contribution >= 0.6 is 0 Å². The first-order chi connectivity index (χ1) is 13.1. The number of amides is 1. The van der Waals surface area contributed by atoms with E-state index >= 15 is 0 Å².